The van der Waals surface area contributed by atoms with Gasteiger partial charge in [-0.15, -0.1) is 0 Å². The van der Waals surface area contributed by atoms with Gasteiger partial charge in [0.05, 0.1) is 12.7 Å². The van der Waals surface area contributed by atoms with Gasteiger partial charge in [0, 0.05) is 11.5 Å². The molecule has 1 heterocycles. The molecular weight excluding hydrogens is 440 g/mol. The fourth-order valence-electron chi connectivity index (χ4n) is 3.07. The largest absolute Gasteiger partial charge is 0.491 e. The van der Waals surface area contributed by atoms with Crippen molar-refractivity contribution >= 4 is 27.3 Å². The lowest BCUT2D eigenvalue weighted by molar-refractivity contribution is 0.0526. The molecule has 0 fully saturated rings. The van der Waals surface area contributed by atoms with Gasteiger partial charge in [-0.3, -0.25) is 4.55 Å². The van der Waals surface area contributed by atoms with Gasteiger partial charge in [0.2, 0.25) is 0 Å². The predicted octanol–water partition coefficient (Wildman–Crippen LogP) is 4.47. The molecule has 0 bridgehead atoms. The Hall–Kier alpha value is -3.24. The third kappa shape index (κ3) is 5.71. The molecule has 0 unspecified atom stereocenters. The average Bonchev–Trinajstić information content (AvgIpc) is 3.00. The van der Waals surface area contributed by atoms with Gasteiger partial charge in [-0.05, 0) is 51.5 Å². The van der Waals surface area contributed by atoms with Crippen molar-refractivity contribution in [2.75, 3.05) is 6.61 Å². The first-order valence-electron chi connectivity index (χ1n) is 9.87. The minimum absolute atomic E-state index is 0.00166. The summed E-state index contributed by atoms with van der Waals surface area (Å²) in [6, 6.07) is 9.82. The number of benzene rings is 2. The van der Waals surface area contributed by atoms with Crippen molar-refractivity contribution in [3.05, 3.63) is 53.3 Å². The third-order valence-electron chi connectivity index (χ3n) is 4.29. The summed E-state index contributed by atoms with van der Waals surface area (Å²) >= 11 is 0. The quantitative estimate of drug-likeness (QED) is 0.361. The highest BCUT2D eigenvalue weighted by Gasteiger charge is 2.24. The summed E-state index contributed by atoms with van der Waals surface area (Å²) in [6.07, 6.45) is 0.0419. The van der Waals surface area contributed by atoms with Gasteiger partial charge < -0.3 is 22.8 Å². The van der Waals surface area contributed by atoms with Crippen molar-refractivity contribution in [3.8, 4) is 17.2 Å². The molecule has 1 aromatic heterocycles. The van der Waals surface area contributed by atoms with E-state index in [2.05, 4.69) is 4.18 Å². The van der Waals surface area contributed by atoms with E-state index < -0.39 is 16.4 Å². The van der Waals surface area contributed by atoms with Crippen LogP contribution in [-0.4, -0.2) is 31.7 Å². The Morgan fingerprint density at radius 2 is 1.81 bits per heavy atom. The molecular formula is C22H24O9S. The van der Waals surface area contributed by atoms with E-state index in [0.29, 0.717) is 5.75 Å². The molecule has 3 aromatic rings. The fourth-order valence-corrected chi connectivity index (χ4v) is 3.43. The zero-order valence-electron chi connectivity index (χ0n) is 18.1. The molecule has 32 heavy (non-hydrogen) atoms. The Morgan fingerprint density at radius 3 is 2.41 bits per heavy atom. The fraction of sp³-hybridized carbons (Fsp3) is 0.318. The number of rotatable bonds is 9. The van der Waals surface area contributed by atoms with Crippen LogP contribution in [0.1, 0.15) is 42.5 Å². The second-order valence-electron chi connectivity index (χ2n) is 7.16. The van der Waals surface area contributed by atoms with Crippen LogP contribution in [0.4, 0.5) is 0 Å². The molecule has 10 heteroatoms. The van der Waals surface area contributed by atoms with Crippen LogP contribution in [0, 0.1) is 6.92 Å². The number of furan rings is 1. The summed E-state index contributed by atoms with van der Waals surface area (Å²) in [5.74, 6) is 0.0686. The van der Waals surface area contributed by atoms with E-state index >= 15 is 0 Å². The highest BCUT2D eigenvalue weighted by atomic mass is 32.3. The molecule has 0 aliphatic carbocycles. The molecule has 0 saturated carbocycles. The minimum atomic E-state index is -4.85. The van der Waals surface area contributed by atoms with Gasteiger partial charge in [-0.25, -0.2) is 4.79 Å². The van der Waals surface area contributed by atoms with E-state index in [9.17, 15) is 17.8 Å². The van der Waals surface area contributed by atoms with E-state index in [0.717, 1.165) is 5.56 Å². The molecule has 172 valence electrons. The van der Waals surface area contributed by atoms with Crippen molar-refractivity contribution in [1.82, 2.24) is 0 Å². The van der Waals surface area contributed by atoms with E-state index in [1.807, 2.05) is 13.8 Å². The third-order valence-corrected chi connectivity index (χ3v) is 4.68. The number of aryl methyl sites for hydroxylation is 1. The molecule has 0 aliphatic rings. The first-order chi connectivity index (χ1) is 15.1. The number of esters is 1. The smallest absolute Gasteiger partial charge is 0.446 e. The van der Waals surface area contributed by atoms with Gasteiger partial charge in [0.1, 0.15) is 29.3 Å². The molecule has 0 atom stereocenters. The summed E-state index contributed by atoms with van der Waals surface area (Å²) in [4.78, 5) is 12.3. The SMILES string of the molecule is CCOC(=O)c1c(C)oc2cc(OCc3ccc(OC(C)C)cc3)c(OS(=O)(=O)O)cc12. The van der Waals surface area contributed by atoms with Crippen molar-refractivity contribution in [2.24, 2.45) is 0 Å². The van der Waals surface area contributed by atoms with Gasteiger partial charge in [0.15, 0.2) is 11.5 Å². The lowest BCUT2D eigenvalue weighted by Gasteiger charge is -2.12. The van der Waals surface area contributed by atoms with Crippen molar-refractivity contribution in [1.29, 1.82) is 0 Å². The van der Waals surface area contributed by atoms with Crippen LogP contribution < -0.4 is 13.7 Å². The zero-order chi connectivity index (χ0) is 23.5. The Kier molecular flexibility index (Phi) is 6.95. The van der Waals surface area contributed by atoms with Crippen molar-refractivity contribution < 1.29 is 40.6 Å². The average molecular weight is 464 g/mol. The molecule has 1 N–H and O–H groups in total. The molecule has 2 aromatic carbocycles. The minimum Gasteiger partial charge on any atom is -0.491 e. The summed E-state index contributed by atoms with van der Waals surface area (Å²) in [5.41, 5.74) is 1.18. The standard InChI is InChI=1S/C22H24O9S/c1-5-27-22(23)21-14(4)30-18-11-19(20(10-17(18)21)31-32(24,25)26)28-12-15-6-8-16(9-7-15)29-13(2)3/h6-11,13H,5,12H2,1-4H3,(H,24,25,26). The highest BCUT2D eigenvalue weighted by molar-refractivity contribution is 7.81. The van der Waals surface area contributed by atoms with Crippen LogP contribution in [0.15, 0.2) is 40.8 Å². The molecule has 0 aliphatic heterocycles. The van der Waals surface area contributed by atoms with Crippen LogP contribution in [0.25, 0.3) is 11.0 Å². The number of ether oxygens (including phenoxy) is 3. The van der Waals surface area contributed by atoms with E-state index in [4.69, 9.17) is 18.6 Å². The molecule has 0 radical (unpaired) electrons. The topological polar surface area (TPSA) is 122 Å². The molecule has 3 rings (SSSR count). The molecule has 9 nitrogen and oxygen atoms in total. The van der Waals surface area contributed by atoms with E-state index in [1.165, 1.54) is 12.1 Å². The first kappa shape index (κ1) is 23.4. The Morgan fingerprint density at radius 1 is 1.12 bits per heavy atom. The van der Waals surface area contributed by atoms with E-state index in [1.54, 1.807) is 38.1 Å². The van der Waals surface area contributed by atoms with E-state index in [-0.39, 0.29) is 53.1 Å². The van der Waals surface area contributed by atoms with Gasteiger partial charge >= 0.3 is 16.4 Å². The van der Waals surface area contributed by atoms with Crippen LogP contribution in [0.2, 0.25) is 0 Å². The Bertz CT molecular complexity index is 1210. The van der Waals surface area contributed by atoms with Crippen LogP contribution in [-0.2, 0) is 21.7 Å². The van der Waals surface area contributed by atoms with Crippen molar-refractivity contribution in [3.63, 3.8) is 0 Å². The lowest BCUT2D eigenvalue weighted by atomic mass is 10.1. The van der Waals surface area contributed by atoms with Crippen LogP contribution in [0.5, 0.6) is 17.2 Å². The zero-order valence-corrected chi connectivity index (χ0v) is 18.9. The predicted molar refractivity (Wildman–Crippen MR) is 116 cm³/mol. The molecule has 0 spiro atoms. The normalized spacial score (nSPS) is 11.6. The summed E-state index contributed by atoms with van der Waals surface area (Å²) < 4.78 is 58.6. The lowest BCUT2D eigenvalue weighted by Crippen LogP contribution is -2.09. The number of fused-ring (bicyclic) bond motifs is 1. The highest BCUT2D eigenvalue weighted by Crippen LogP contribution is 2.38. The monoisotopic (exact) mass is 464 g/mol. The number of carbonyl (C=O) groups is 1. The summed E-state index contributed by atoms with van der Waals surface area (Å²) in [7, 11) is -4.85. The van der Waals surface area contributed by atoms with Crippen LogP contribution in [0.3, 0.4) is 0 Å². The molecule has 0 amide bonds. The summed E-state index contributed by atoms with van der Waals surface area (Å²) in [5, 5.41) is 0.266. The maximum Gasteiger partial charge on any atom is 0.446 e. The molecule has 0 saturated heterocycles. The Balaban J connectivity index is 1.94. The van der Waals surface area contributed by atoms with Crippen molar-refractivity contribution in [2.45, 2.75) is 40.4 Å². The number of carbonyl (C=O) groups excluding carboxylic acids is 1. The number of hydrogen-bond acceptors (Lipinski definition) is 8. The van der Waals surface area contributed by atoms with Gasteiger partial charge in [-0.1, -0.05) is 12.1 Å². The van der Waals surface area contributed by atoms with Gasteiger partial charge in [0.25, 0.3) is 0 Å². The second-order valence-corrected chi connectivity index (χ2v) is 8.18. The van der Waals surface area contributed by atoms with Gasteiger partial charge in [-0.2, -0.15) is 8.42 Å². The Labute approximate surface area is 185 Å². The summed E-state index contributed by atoms with van der Waals surface area (Å²) in [6.45, 7) is 7.31. The maximum absolute atomic E-state index is 12.3. The first-order valence-corrected chi connectivity index (χ1v) is 11.2. The number of hydrogen-bond donors (Lipinski definition) is 1. The second kappa shape index (κ2) is 9.49. The maximum atomic E-state index is 12.3. The van der Waals surface area contributed by atoms with Crippen LogP contribution >= 0.6 is 0 Å².